The van der Waals surface area contributed by atoms with Gasteiger partial charge in [-0.3, -0.25) is 4.79 Å². The third-order valence-corrected chi connectivity index (χ3v) is 7.33. The fourth-order valence-corrected chi connectivity index (χ4v) is 5.31. The van der Waals surface area contributed by atoms with Crippen LogP contribution in [0.1, 0.15) is 11.1 Å². The van der Waals surface area contributed by atoms with Crippen molar-refractivity contribution in [3.63, 3.8) is 0 Å². The molecular formula is C23H23ClN2O4S. The van der Waals surface area contributed by atoms with Gasteiger partial charge in [0.2, 0.25) is 10.0 Å². The fourth-order valence-electron chi connectivity index (χ4n) is 3.75. The Morgan fingerprint density at radius 1 is 0.935 bits per heavy atom. The number of fused-ring (bicyclic) bond motifs is 1. The summed E-state index contributed by atoms with van der Waals surface area (Å²) >= 11 is 0. The number of halogens is 1. The molecule has 0 fully saturated rings. The van der Waals surface area contributed by atoms with Crippen LogP contribution >= 0.6 is 12.4 Å². The number of nitrogens with one attached hydrogen (secondary N) is 1. The number of hydrogen-bond acceptors (Lipinski definition) is 4. The summed E-state index contributed by atoms with van der Waals surface area (Å²) in [6.07, 6.45) is 0.153. The van der Waals surface area contributed by atoms with Crippen LogP contribution in [-0.4, -0.2) is 36.9 Å². The third kappa shape index (κ3) is 4.44. The van der Waals surface area contributed by atoms with E-state index in [-0.39, 0.29) is 30.3 Å². The van der Waals surface area contributed by atoms with Gasteiger partial charge in [-0.1, -0.05) is 48.5 Å². The Bertz CT molecular complexity index is 1180. The lowest BCUT2D eigenvalue weighted by molar-refractivity contribution is -0.141. The maximum absolute atomic E-state index is 13.3. The number of hydrogen-bond donors (Lipinski definition) is 2. The summed E-state index contributed by atoms with van der Waals surface area (Å²) in [5.74, 6) is -1.14. The molecule has 31 heavy (non-hydrogen) atoms. The van der Waals surface area contributed by atoms with Crippen molar-refractivity contribution in [1.29, 1.82) is 0 Å². The van der Waals surface area contributed by atoms with Crippen molar-refractivity contribution in [1.82, 2.24) is 4.31 Å². The van der Waals surface area contributed by atoms with Crippen molar-refractivity contribution in [3.8, 4) is 11.1 Å². The minimum Gasteiger partial charge on any atom is -0.480 e. The number of sulfonamides is 1. The Morgan fingerprint density at radius 3 is 2.03 bits per heavy atom. The highest BCUT2D eigenvalue weighted by Gasteiger charge is 2.39. The molecule has 1 atom stereocenters. The highest BCUT2D eigenvalue weighted by atomic mass is 35.5. The van der Waals surface area contributed by atoms with Gasteiger partial charge in [0.15, 0.2) is 0 Å². The molecule has 1 aliphatic rings. The number of carbonyl (C=O) groups is 1. The van der Waals surface area contributed by atoms with Gasteiger partial charge in [-0.2, -0.15) is 4.31 Å². The molecule has 3 aromatic rings. The number of nitrogens with zero attached hydrogens (tertiary/aromatic N) is 1. The van der Waals surface area contributed by atoms with Gasteiger partial charge < -0.3 is 10.4 Å². The molecule has 0 spiro atoms. The summed E-state index contributed by atoms with van der Waals surface area (Å²) in [4.78, 5) is 11.9. The molecule has 3 aromatic carbocycles. The molecule has 8 heteroatoms. The summed E-state index contributed by atoms with van der Waals surface area (Å²) in [5.41, 5.74) is 4.54. The SMILES string of the molecule is CNc1ccc(-c2ccc(S(=O)(=O)N3Cc4ccccc4C[C@@H]3C(=O)O)cc2)cc1.Cl. The molecule has 0 saturated heterocycles. The minimum atomic E-state index is -3.97. The second-order valence-electron chi connectivity index (χ2n) is 7.23. The number of anilines is 1. The zero-order valence-corrected chi connectivity index (χ0v) is 18.5. The van der Waals surface area contributed by atoms with E-state index in [1.54, 1.807) is 12.1 Å². The molecule has 1 aliphatic heterocycles. The zero-order valence-electron chi connectivity index (χ0n) is 16.9. The average Bonchev–Trinajstić information content (AvgIpc) is 2.78. The fraction of sp³-hybridized carbons (Fsp3) is 0.174. The van der Waals surface area contributed by atoms with Crippen LogP contribution in [0, 0.1) is 0 Å². The molecule has 0 bridgehead atoms. The number of carboxylic acids is 1. The zero-order chi connectivity index (χ0) is 21.3. The molecule has 1 heterocycles. The minimum absolute atomic E-state index is 0. The molecule has 0 radical (unpaired) electrons. The first kappa shape index (κ1) is 22.8. The number of carboxylic acid groups (broad SMARTS) is 1. The Labute approximate surface area is 188 Å². The Morgan fingerprint density at radius 2 is 1.48 bits per heavy atom. The van der Waals surface area contributed by atoms with Gasteiger partial charge in [0.1, 0.15) is 6.04 Å². The van der Waals surface area contributed by atoms with E-state index in [0.717, 1.165) is 32.2 Å². The van der Waals surface area contributed by atoms with Crippen molar-refractivity contribution in [3.05, 3.63) is 83.9 Å². The summed E-state index contributed by atoms with van der Waals surface area (Å²) in [6, 6.07) is 20.6. The van der Waals surface area contributed by atoms with Crippen LogP contribution in [0.15, 0.2) is 77.7 Å². The number of aliphatic carboxylic acids is 1. The van der Waals surface area contributed by atoms with Gasteiger partial charge in [0.05, 0.1) is 4.90 Å². The lowest BCUT2D eigenvalue weighted by Crippen LogP contribution is -2.48. The van der Waals surface area contributed by atoms with Crippen LogP contribution in [-0.2, 0) is 27.8 Å². The lowest BCUT2D eigenvalue weighted by Gasteiger charge is -2.33. The molecule has 2 N–H and O–H groups in total. The smallest absolute Gasteiger partial charge is 0.322 e. The van der Waals surface area contributed by atoms with Crippen LogP contribution in [0.25, 0.3) is 11.1 Å². The average molecular weight is 459 g/mol. The van der Waals surface area contributed by atoms with Gasteiger partial charge in [-0.15, -0.1) is 12.4 Å². The van der Waals surface area contributed by atoms with E-state index in [1.165, 1.54) is 12.1 Å². The molecule has 4 rings (SSSR count). The van der Waals surface area contributed by atoms with Crippen LogP contribution in [0.2, 0.25) is 0 Å². The lowest BCUT2D eigenvalue weighted by atomic mass is 9.96. The molecule has 162 valence electrons. The van der Waals surface area contributed by atoms with Gasteiger partial charge >= 0.3 is 5.97 Å². The molecule has 0 aromatic heterocycles. The van der Waals surface area contributed by atoms with Crippen LogP contribution in [0.4, 0.5) is 5.69 Å². The van der Waals surface area contributed by atoms with Crippen molar-refractivity contribution >= 4 is 34.1 Å². The van der Waals surface area contributed by atoms with E-state index >= 15 is 0 Å². The molecular weight excluding hydrogens is 436 g/mol. The second-order valence-corrected chi connectivity index (χ2v) is 9.12. The van der Waals surface area contributed by atoms with E-state index in [1.807, 2.05) is 55.6 Å². The highest BCUT2D eigenvalue weighted by molar-refractivity contribution is 7.89. The summed E-state index contributed by atoms with van der Waals surface area (Å²) < 4.78 is 27.7. The van der Waals surface area contributed by atoms with E-state index in [0.29, 0.717) is 0 Å². The predicted octanol–water partition coefficient (Wildman–Crippen LogP) is 4.02. The van der Waals surface area contributed by atoms with Gasteiger partial charge in [-0.25, -0.2) is 8.42 Å². The maximum atomic E-state index is 13.3. The van der Waals surface area contributed by atoms with Gasteiger partial charge in [-0.05, 0) is 46.5 Å². The molecule has 0 amide bonds. The normalized spacial score (nSPS) is 16.1. The van der Waals surface area contributed by atoms with Gasteiger partial charge in [0.25, 0.3) is 0 Å². The Balaban J connectivity index is 0.00000272. The highest BCUT2D eigenvalue weighted by Crippen LogP contribution is 2.30. The topological polar surface area (TPSA) is 86.7 Å². The van der Waals surface area contributed by atoms with Gasteiger partial charge in [0, 0.05) is 25.7 Å². The molecule has 6 nitrogen and oxygen atoms in total. The maximum Gasteiger partial charge on any atom is 0.322 e. The van der Waals surface area contributed by atoms with Crippen LogP contribution in [0.5, 0.6) is 0 Å². The largest absolute Gasteiger partial charge is 0.480 e. The Kier molecular flexibility index (Phi) is 6.69. The quantitative estimate of drug-likeness (QED) is 0.603. The first-order valence-electron chi connectivity index (χ1n) is 9.60. The van der Waals surface area contributed by atoms with E-state index in [4.69, 9.17) is 0 Å². The first-order chi connectivity index (χ1) is 14.4. The van der Waals surface area contributed by atoms with Crippen molar-refractivity contribution in [2.24, 2.45) is 0 Å². The van der Waals surface area contributed by atoms with Crippen LogP contribution in [0.3, 0.4) is 0 Å². The van der Waals surface area contributed by atoms with E-state index in [9.17, 15) is 18.3 Å². The number of rotatable bonds is 5. The second kappa shape index (κ2) is 9.09. The first-order valence-corrected chi connectivity index (χ1v) is 11.0. The summed E-state index contributed by atoms with van der Waals surface area (Å²) in [6.45, 7) is 0.0443. The Hall–Kier alpha value is -2.87. The number of benzene rings is 3. The van der Waals surface area contributed by atoms with E-state index < -0.39 is 22.0 Å². The summed E-state index contributed by atoms with van der Waals surface area (Å²) in [5, 5.41) is 12.7. The summed E-state index contributed by atoms with van der Waals surface area (Å²) in [7, 11) is -2.12. The standard InChI is InChI=1S/C23H22N2O4S.ClH/c1-24-20-10-6-16(7-11-20)17-8-12-21(13-9-17)30(28,29)25-15-19-5-3-2-4-18(19)14-22(25)23(26)27;/h2-13,22,24H,14-15H2,1H3,(H,26,27);1H/t22-;/m1./s1. The molecule has 0 saturated carbocycles. The van der Waals surface area contributed by atoms with Crippen molar-refractivity contribution in [2.75, 3.05) is 12.4 Å². The van der Waals surface area contributed by atoms with Crippen molar-refractivity contribution in [2.45, 2.75) is 23.9 Å². The molecule has 0 aliphatic carbocycles. The molecule has 0 unspecified atom stereocenters. The van der Waals surface area contributed by atoms with Crippen molar-refractivity contribution < 1.29 is 18.3 Å². The monoisotopic (exact) mass is 458 g/mol. The predicted molar refractivity (Wildman–Crippen MR) is 123 cm³/mol. The van der Waals surface area contributed by atoms with E-state index in [2.05, 4.69) is 5.32 Å². The van der Waals surface area contributed by atoms with Crippen LogP contribution < -0.4 is 5.32 Å². The third-order valence-electron chi connectivity index (χ3n) is 5.46.